The third-order valence-corrected chi connectivity index (χ3v) is 4.19. The van der Waals surface area contributed by atoms with Gasteiger partial charge < -0.3 is 23.8 Å². The van der Waals surface area contributed by atoms with Crippen molar-refractivity contribution >= 4 is 5.71 Å². The van der Waals surface area contributed by atoms with Gasteiger partial charge in [-0.15, -0.1) is 0 Å². The minimum Gasteiger partial charge on any atom is -0.490 e. The third-order valence-electron chi connectivity index (χ3n) is 4.19. The zero-order valence-electron chi connectivity index (χ0n) is 18.4. The Morgan fingerprint density at radius 3 is 2.30 bits per heavy atom. The third kappa shape index (κ3) is 7.79. The van der Waals surface area contributed by atoms with Crippen LogP contribution in [0.2, 0.25) is 0 Å². The van der Waals surface area contributed by atoms with E-state index in [1.54, 1.807) is 0 Å². The predicted molar refractivity (Wildman–Crippen MR) is 119 cm³/mol. The second-order valence-corrected chi connectivity index (χ2v) is 6.82. The molecule has 2 aromatic carbocycles. The summed E-state index contributed by atoms with van der Waals surface area (Å²) in [5, 5.41) is 3.81. The van der Waals surface area contributed by atoms with Gasteiger partial charge >= 0.3 is 0 Å². The van der Waals surface area contributed by atoms with Crippen LogP contribution in [0.5, 0.6) is 17.2 Å². The highest BCUT2D eigenvalue weighted by Crippen LogP contribution is 2.28. The van der Waals surface area contributed by atoms with Crippen LogP contribution in [-0.4, -0.2) is 32.8 Å². The van der Waals surface area contributed by atoms with Gasteiger partial charge in [-0.3, -0.25) is 0 Å². The van der Waals surface area contributed by atoms with Gasteiger partial charge in [0.15, 0.2) is 6.79 Å². The zero-order chi connectivity index (χ0) is 21.8. The average molecular weight is 414 g/mol. The topological polar surface area (TPSA) is 58.5 Å². The van der Waals surface area contributed by atoms with Crippen LogP contribution < -0.4 is 14.2 Å². The molecule has 0 aliphatic heterocycles. The minimum absolute atomic E-state index is 0.172. The fourth-order valence-electron chi connectivity index (χ4n) is 2.77. The number of oxime groups is 1. The van der Waals surface area contributed by atoms with E-state index in [0.717, 1.165) is 39.7 Å². The van der Waals surface area contributed by atoms with Crippen LogP contribution in [0.3, 0.4) is 0 Å². The first-order valence-corrected chi connectivity index (χ1v) is 9.87. The first kappa shape index (κ1) is 23.3. The number of nitrogens with zero attached hydrogens (tertiary/aromatic N) is 1. The van der Waals surface area contributed by atoms with Crippen LogP contribution in [0, 0.1) is 13.8 Å². The summed E-state index contributed by atoms with van der Waals surface area (Å²) in [6, 6.07) is 11.7. The highest BCUT2D eigenvalue weighted by molar-refractivity contribution is 5.82. The van der Waals surface area contributed by atoms with E-state index in [-0.39, 0.29) is 6.79 Å². The Kier molecular flexibility index (Phi) is 9.74. The van der Waals surface area contributed by atoms with Crippen molar-refractivity contribution in [3.05, 3.63) is 65.2 Å². The molecule has 0 radical (unpaired) electrons. The van der Waals surface area contributed by atoms with E-state index < -0.39 is 0 Å². The fourth-order valence-corrected chi connectivity index (χ4v) is 2.77. The summed E-state index contributed by atoms with van der Waals surface area (Å²) in [7, 11) is 1.51. The minimum atomic E-state index is 0.172. The molecule has 2 aromatic rings. The van der Waals surface area contributed by atoms with Crippen LogP contribution in [0.15, 0.2) is 53.7 Å². The molecule has 0 heterocycles. The molecule has 6 nitrogen and oxygen atoms in total. The van der Waals surface area contributed by atoms with E-state index in [1.165, 1.54) is 7.11 Å². The Labute approximate surface area is 179 Å². The summed E-state index contributed by atoms with van der Waals surface area (Å²) >= 11 is 0. The number of rotatable bonds is 12. The van der Waals surface area contributed by atoms with E-state index in [2.05, 4.69) is 5.16 Å². The smallest absolute Gasteiger partial charge is 0.189 e. The van der Waals surface area contributed by atoms with Crippen LogP contribution in [0.4, 0.5) is 0 Å². The molecule has 0 amide bonds. The summed E-state index contributed by atoms with van der Waals surface area (Å²) in [6.07, 6.45) is 3.94. The van der Waals surface area contributed by atoms with Crippen molar-refractivity contribution in [2.75, 3.05) is 27.1 Å². The van der Waals surface area contributed by atoms with E-state index >= 15 is 0 Å². The van der Waals surface area contributed by atoms with Crippen LogP contribution in [0.1, 0.15) is 30.5 Å². The SMILES string of the molecule is C/C=C/COc1cc(C)c(OCOCc2ccc(OC/C(C)=N/OC)cc2)c(C)c1. The summed E-state index contributed by atoms with van der Waals surface area (Å²) in [5.74, 6) is 2.43. The molecule has 0 aliphatic carbocycles. The van der Waals surface area contributed by atoms with Crippen molar-refractivity contribution in [3.8, 4) is 17.2 Å². The molecule has 0 aliphatic rings. The lowest BCUT2D eigenvalue weighted by atomic mass is 10.1. The Bertz CT molecular complexity index is 820. The van der Waals surface area contributed by atoms with Gasteiger partial charge in [0.1, 0.15) is 37.6 Å². The highest BCUT2D eigenvalue weighted by Gasteiger charge is 2.07. The fraction of sp³-hybridized carbons (Fsp3) is 0.375. The largest absolute Gasteiger partial charge is 0.490 e. The molecule has 30 heavy (non-hydrogen) atoms. The van der Waals surface area contributed by atoms with Crippen molar-refractivity contribution in [1.29, 1.82) is 0 Å². The molecule has 0 N–H and O–H groups in total. The molecular formula is C24H31NO5. The average Bonchev–Trinajstić information content (AvgIpc) is 2.72. The molecule has 0 fully saturated rings. The van der Waals surface area contributed by atoms with E-state index in [0.29, 0.717) is 19.8 Å². The summed E-state index contributed by atoms with van der Waals surface area (Å²) in [4.78, 5) is 4.71. The van der Waals surface area contributed by atoms with Crippen LogP contribution in [0.25, 0.3) is 0 Å². The maximum atomic E-state index is 5.84. The maximum Gasteiger partial charge on any atom is 0.189 e. The molecule has 0 bridgehead atoms. The van der Waals surface area contributed by atoms with Gasteiger partial charge in [-0.2, -0.15) is 0 Å². The van der Waals surface area contributed by atoms with Gasteiger partial charge in [0, 0.05) is 0 Å². The van der Waals surface area contributed by atoms with Gasteiger partial charge in [-0.1, -0.05) is 29.4 Å². The second-order valence-electron chi connectivity index (χ2n) is 6.82. The highest BCUT2D eigenvalue weighted by atomic mass is 16.7. The Hall–Kier alpha value is -2.99. The lowest BCUT2D eigenvalue weighted by Crippen LogP contribution is -2.08. The summed E-state index contributed by atoms with van der Waals surface area (Å²) in [6.45, 7) is 9.39. The number of ether oxygens (including phenoxy) is 4. The summed E-state index contributed by atoms with van der Waals surface area (Å²) in [5.41, 5.74) is 3.84. The van der Waals surface area contributed by atoms with Crippen molar-refractivity contribution < 1.29 is 23.8 Å². The molecule has 162 valence electrons. The number of allylic oxidation sites excluding steroid dienone is 1. The van der Waals surface area contributed by atoms with E-state index in [9.17, 15) is 0 Å². The Morgan fingerprint density at radius 2 is 1.67 bits per heavy atom. The van der Waals surface area contributed by atoms with Gasteiger partial charge in [0.05, 0.1) is 12.3 Å². The summed E-state index contributed by atoms with van der Waals surface area (Å²) < 4.78 is 22.9. The number of aryl methyl sites for hydroxylation is 2. The van der Waals surface area contributed by atoms with Crippen molar-refractivity contribution in [2.45, 2.75) is 34.3 Å². The molecule has 0 saturated heterocycles. The van der Waals surface area contributed by atoms with Crippen LogP contribution in [-0.2, 0) is 16.2 Å². The standard InChI is InChI=1S/C24H31NO5/c1-6-7-12-28-23-13-18(2)24(19(3)14-23)30-17-27-16-21-8-10-22(11-9-21)29-15-20(4)25-26-5/h6-11,13-14H,12,15-17H2,1-5H3/b7-6+,25-20+. The van der Waals surface area contributed by atoms with E-state index in [4.69, 9.17) is 23.8 Å². The van der Waals surface area contributed by atoms with Gasteiger partial charge in [0.2, 0.25) is 0 Å². The normalized spacial score (nSPS) is 11.6. The molecule has 0 spiro atoms. The molecule has 2 rings (SSSR count). The van der Waals surface area contributed by atoms with Crippen LogP contribution >= 0.6 is 0 Å². The van der Waals surface area contributed by atoms with Crippen molar-refractivity contribution in [2.24, 2.45) is 5.16 Å². The first-order valence-electron chi connectivity index (χ1n) is 9.87. The molecule has 0 atom stereocenters. The molecule has 6 heteroatoms. The lowest BCUT2D eigenvalue weighted by Gasteiger charge is -2.14. The van der Waals surface area contributed by atoms with Crippen molar-refractivity contribution in [3.63, 3.8) is 0 Å². The number of benzene rings is 2. The quantitative estimate of drug-likeness (QED) is 0.157. The Balaban J connectivity index is 1.78. The van der Waals surface area contributed by atoms with Gasteiger partial charge in [-0.25, -0.2) is 0 Å². The first-order chi connectivity index (χ1) is 14.5. The van der Waals surface area contributed by atoms with E-state index in [1.807, 2.05) is 76.2 Å². The molecule has 0 aromatic heterocycles. The second kappa shape index (κ2) is 12.5. The predicted octanol–water partition coefficient (Wildman–Crippen LogP) is 5.21. The van der Waals surface area contributed by atoms with Crippen molar-refractivity contribution in [1.82, 2.24) is 0 Å². The monoisotopic (exact) mass is 413 g/mol. The lowest BCUT2D eigenvalue weighted by molar-refractivity contribution is 0.00426. The molecular weight excluding hydrogens is 382 g/mol. The van der Waals surface area contributed by atoms with Gasteiger partial charge in [-0.05, 0) is 68.7 Å². The molecule has 0 saturated carbocycles. The molecule has 0 unspecified atom stereocenters. The number of hydrogen-bond donors (Lipinski definition) is 0. The maximum absolute atomic E-state index is 5.84. The number of hydrogen-bond acceptors (Lipinski definition) is 6. The zero-order valence-corrected chi connectivity index (χ0v) is 18.4. The Morgan fingerprint density at radius 1 is 0.967 bits per heavy atom. The van der Waals surface area contributed by atoms with Gasteiger partial charge in [0.25, 0.3) is 0 Å².